The predicted octanol–water partition coefficient (Wildman–Crippen LogP) is -2.97. The number of amidine groups is 1. The van der Waals surface area contributed by atoms with E-state index in [0.717, 1.165) is 5.28 Å². The molecule has 31 heavy (non-hydrogen) atoms. The number of benzene rings is 1. The number of nitrogens with zero attached hydrogens (tertiary/aromatic N) is 4. The van der Waals surface area contributed by atoms with Gasteiger partial charge in [-0.3, -0.25) is 19.2 Å². The van der Waals surface area contributed by atoms with E-state index in [-0.39, 0.29) is 68.7 Å². The van der Waals surface area contributed by atoms with Crippen molar-refractivity contribution in [1.29, 1.82) is 0 Å². The summed E-state index contributed by atoms with van der Waals surface area (Å²) in [5, 5.41) is 16.8. The van der Waals surface area contributed by atoms with Crippen molar-refractivity contribution in [3.8, 4) is 0 Å². The Kier molecular flexibility index (Phi) is 10.4. The van der Waals surface area contributed by atoms with E-state index in [1.165, 1.54) is 29.4 Å². The fourth-order valence-electron chi connectivity index (χ4n) is 2.10. The number of hydrogen-bond donors (Lipinski definition) is 3. The number of nitro benzene ring substituents is 1. The first-order valence-electron chi connectivity index (χ1n) is 8.30. The van der Waals surface area contributed by atoms with E-state index in [9.17, 15) is 26.9 Å². The standard InChI is InChI=1S/C13H19N5O10S2.Na.H/c19-17(20)12-5-3-11(4-6-12)16-14-13(27-7-1-9-29(21,22)23)15-18(16)28-8-2-10-30(24,25)26;;/h3-6H,1-2,7-10H2,(H,14,15)(H,21,22,23)(H,24,25,26);;/q;+1;-1. The van der Waals surface area contributed by atoms with Gasteiger partial charge < -0.3 is 6.16 Å². The minimum atomic E-state index is -4.16. The second-order valence-electron chi connectivity index (χ2n) is 5.82. The first-order chi connectivity index (χ1) is 13.9. The molecule has 0 unspecified atom stereocenters. The van der Waals surface area contributed by atoms with Gasteiger partial charge in [0.1, 0.15) is 0 Å². The number of anilines is 1. The number of rotatable bonds is 11. The van der Waals surface area contributed by atoms with Crippen molar-refractivity contribution < 1.29 is 71.4 Å². The summed E-state index contributed by atoms with van der Waals surface area (Å²) in [4.78, 5) is 15.5. The summed E-state index contributed by atoms with van der Waals surface area (Å²) in [6.45, 7) is -0.277. The number of hydrogen-bond acceptors (Lipinski definition) is 12. The van der Waals surface area contributed by atoms with E-state index < -0.39 is 36.7 Å². The van der Waals surface area contributed by atoms with E-state index in [1.807, 2.05) is 0 Å². The third-order valence-electron chi connectivity index (χ3n) is 3.39. The van der Waals surface area contributed by atoms with Crippen LogP contribution in [0.2, 0.25) is 0 Å². The van der Waals surface area contributed by atoms with Gasteiger partial charge in [0.25, 0.3) is 25.9 Å². The zero-order chi connectivity index (χ0) is 22.4. The van der Waals surface area contributed by atoms with Gasteiger partial charge in [-0.1, -0.05) is 5.10 Å². The number of non-ortho nitro benzene ring substituents is 1. The first-order valence-corrected chi connectivity index (χ1v) is 11.5. The fraction of sp³-hybridized carbons (Fsp3) is 0.462. The molecule has 0 saturated heterocycles. The molecule has 0 aliphatic carbocycles. The van der Waals surface area contributed by atoms with Crippen molar-refractivity contribution in [2.45, 2.75) is 12.8 Å². The molecule has 18 heteroatoms. The molecular formula is C13H20N5NaO10S2. The van der Waals surface area contributed by atoms with Crippen molar-refractivity contribution >= 4 is 37.6 Å². The summed E-state index contributed by atoms with van der Waals surface area (Å²) in [5.74, 6) is -1.04. The minimum Gasteiger partial charge on any atom is -1.00 e. The third-order valence-corrected chi connectivity index (χ3v) is 5.00. The van der Waals surface area contributed by atoms with Crippen molar-refractivity contribution in [3.63, 3.8) is 0 Å². The molecule has 0 spiro atoms. The molecular weight excluding hydrogens is 473 g/mol. The number of ether oxygens (including phenoxy) is 1. The van der Waals surface area contributed by atoms with Crippen molar-refractivity contribution in [3.05, 3.63) is 34.4 Å². The van der Waals surface area contributed by atoms with Crippen LogP contribution >= 0.6 is 0 Å². The smallest absolute Gasteiger partial charge is 1.00 e. The molecule has 0 saturated carbocycles. The predicted molar refractivity (Wildman–Crippen MR) is 103 cm³/mol. The van der Waals surface area contributed by atoms with E-state index in [1.54, 1.807) is 0 Å². The van der Waals surface area contributed by atoms with Gasteiger partial charge >= 0.3 is 35.6 Å². The average Bonchev–Trinajstić information content (AvgIpc) is 3.04. The van der Waals surface area contributed by atoms with E-state index in [2.05, 4.69) is 10.5 Å². The molecule has 0 aromatic heterocycles. The normalized spacial score (nSPS) is 13.9. The minimum absolute atomic E-state index is 0. The number of hydrazone groups is 1. The maximum atomic E-state index is 10.8. The molecule has 1 heterocycles. The van der Waals surface area contributed by atoms with Gasteiger partial charge in [0.2, 0.25) is 0 Å². The quantitative estimate of drug-likeness (QED) is 0.0928. The van der Waals surface area contributed by atoms with E-state index in [0.29, 0.717) is 5.69 Å². The maximum Gasteiger partial charge on any atom is 1.00 e. The van der Waals surface area contributed by atoms with Crippen molar-refractivity contribution in [2.24, 2.45) is 5.10 Å². The van der Waals surface area contributed by atoms with Gasteiger partial charge in [0.15, 0.2) is 0 Å². The molecule has 1 aliphatic rings. The first kappa shape index (κ1) is 27.3. The van der Waals surface area contributed by atoms with Crippen LogP contribution in [0.3, 0.4) is 0 Å². The Labute approximate surface area is 201 Å². The van der Waals surface area contributed by atoms with Crippen molar-refractivity contribution in [1.82, 2.24) is 10.7 Å². The van der Waals surface area contributed by atoms with Gasteiger partial charge in [0, 0.05) is 12.1 Å². The molecule has 0 atom stereocenters. The summed E-state index contributed by atoms with van der Waals surface area (Å²) in [6, 6.07) is 5.13. The van der Waals surface area contributed by atoms with Crippen LogP contribution in [0.15, 0.2) is 29.4 Å². The molecule has 1 aromatic carbocycles. The summed E-state index contributed by atoms with van der Waals surface area (Å²) in [7, 11) is -8.29. The van der Waals surface area contributed by atoms with Crippen LogP contribution in [0.5, 0.6) is 0 Å². The van der Waals surface area contributed by atoms with Crippen LogP contribution < -0.4 is 40.1 Å². The van der Waals surface area contributed by atoms with Gasteiger partial charge in [-0.2, -0.15) is 16.8 Å². The zero-order valence-corrected chi connectivity index (χ0v) is 20.0. The number of hydrazine groups is 2. The van der Waals surface area contributed by atoms with Gasteiger partial charge in [-0.05, 0) is 30.3 Å². The molecule has 3 N–H and O–H groups in total. The Balaban J connectivity index is 0.00000480. The second kappa shape index (κ2) is 11.8. The maximum absolute atomic E-state index is 10.8. The molecule has 15 nitrogen and oxygen atoms in total. The van der Waals surface area contributed by atoms with Crippen LogP contribution in [0.1, 0.15) is 14.3 Å². The summed E-state index contributed by atoms with van der Waals surface area (Å²) in [6.07, 6.45) is -0.0736. The number of nitro groups is 1. The fourth-order valence-corrected chi connectivity index (χ4v) is 3.07. The molecule has 1 aliphatic heterocycles. The van der Waals surface area contributed by atoms with Gasteiger partial charge in [0.05, 0.1) is 35.3 Å². The molecule has 0 amide bonds. The Morgan fingerprint density at radius 2 is 1.61 bits per heavy atom. The molecule has 2 rings (SSSR count). The van der Waals surface area contributed by atoms with Crippen LogP contribution in [0.4, 0.5) is 11.4 Å². The van der Waals surface area contributed by atoms with Crippen molar-refractivity contribution in [2.75, 3.05) is 29.8 Å². The van der Waals surface area contributed by atoms with Gasteiger partial charge in [-0.25, -0.2) is 10.3 Å². The number of nitrogens with one attached hydrogen (secondary N) is 1. The molecule has 0 bridgehead atoms. The SMILES string of the molecule is O=[N+]([O-])c1ccc(N2NC(OCCCS(=O)(=O)O)=NN2OCCCS(=O)(=O)O)cc1.[H-].[Na+]. The van der Waals surface area contributed by atoms with Gasteiger partial charge in [-0.15, -0.1) is 5.12 Å². The molecule has 0 fully saturated rings. The second-order valence-corrected chi connectivity index (χ2v) is 8.96. The molecule has 170 valence electrons. The average molecular weight is 493 g/mol. The monoisotopic (exact) mass is 493 g/mol. The Morgan fingerprint density at radius 1 is 1.06 bits per heavy atom. The molecule has 0 radical (unpaired) electrons. The molecule has 1 aromatic rings. The Hall–Kier alpha value is -1.73. The topological polar surface area (TPSA) is 201 Å². The van der Waals surface area contributed by atoms with Crippen LogP contribution in [0.25, 0.3) is 0 Å². The Bertz CT molecular complexity index is 993. The van der Waals surface area contributed by atoms with Crippen LogP contribution in [0, 0.1) is 10.1 Å². The zero-order valence-electron chi connectivity index (χ0n) is 17.3. The summed E-state index contributed by atoms with van der Waals surface area (Å²) in [5.41, 5.74) is 2.86. The van der Waals surface area contributed by atoms with E-state index >= 15 is 0 Å². The van der Waals surface area contributed by atoms with Crippen LogP contribution in [-0.2, 0) is 29.8 Å². The summed E-state index contributed by atoms with van der Waals surface area (Å²) < 4.78 is 65.7. The summed E-state index contributed by atoms with van der Waals surface area (Å²) >= 11 is 0. The third kappa shape index (κ3) is 9.95. The van der Waals surface area contributed by atoms with E-state index in [4.69, 9.17) is 18.7 Å². The largest absolute Gasteiger partial charge is 1.00 e. The Morgan fingerprint density at radius 3 is 2.13 bits per heavy atom. The van der Waals surface area contributed by atoms with Crippen LogP contribution in [-0.4, -0.2) is 66.9 Å².